The van der Waals surface area contributed by atoms with Gasteiger partial charge in [-0.2, -0.15) is 5.26 Å². The van der Waals surface area contributed by atoms with Gasteiger partial charge in [-0.15, -0.1) is 0 Å². The lowest BCUT2D eigenvalue weighted by atomic mass is 9.75. The molecule has 1 aromatic heterocycles. The molecule has 1 aliphatic heterocycles. The molecule has 2 heterocycles. The van der Waals surface area contributed by atoms with E-state index in [1.165, 1.54) is 0 Å². The van der Waals surface area contributed by atoms with Gasteiger partial charge in [0.15, 0.2) is 0 Å². The SMILES string of the molecule is CC(C)(C)N1CCC(C#N)(c2cc(CF)ccn2)CC1. The first-order valence-electron chi connectivity index (χ1n) is 7.09. The van der Waals surface area contributed by atoms with Gasteiger partial charge in [-0.1, -0.05) is 0 Å². The fourth-order valence-corrected chi connectivity index (χ4v) is 2.80. The fraction of sp³-hybridized carbons (Fsp3) is 0.625. The number of likely N-dealkylation sites (tertiary alicyclic amines) is 1. The molecule has 20 heavy (non-hydrogen) atoms. The number of nitrogens with zero attached hydrogens (tertiary/aromatic N) is 3. The molecule has 0 N–H and O–H groups in total. The van der Waals surface area contributed by atoms with Gasteiger partial charge in [0.25, 0.3) is 0 Å². The van der Waals surface area contributed by atoms with Gasteiger partial charge in [-0.25, -0.2) is 4.39 Å². The van der Waals surface area contributed by atoms with Crippen molar-refractivity contribution in [3.8, 4) is 6.07 Å². The van der Waals surface area contributed by atoms with Crippen molar-refractivity contribution in [2.75, 3.05) is 13.1 Å². The number of rotatable bonds is 2. The van der Waals surface area contributed by atoms with Crippen LogP contribution in [0.1, 0.15) is 44.9 Å². The van der Waals surface area contributed by atoms with E-state index < -0.39 is 12.1 Å². The maximum atomic E-state index is 12.8. The summed E-state index contributed by atoms with van der Waals surface area (Å²) in [6, 6.07) is 5.86. The third kappa shape index (κ3) is 2.83. The number of piperidine rings is 1. The largest absolute Gasteiger partial charge is 0.298 e. The highest BCUT2D eigenvalue weighted by molar-refractivity contribution is 5.30. The first-order chi connectivity index (χ1) is 9.41. The van der Waals surface area contributed by atoms with E-state index in [0.29, 0.717) is 5.56 Å². The van der Waals surface area contributed by atoms with Crippen molar-refractivity contribution in [2.24, 2.45) is 0 Å². The Labute approximate surface area is 120 Å². The molecule has 0 radical (unpaired) electrons. The van der Waals surface area contributed by atoms with Crippen LogP contribution in [0.25, 0.3) is 0 Å². The molecule has 3 nitrogen and oxygen atoms in total. The standard InChI is InChI=1S/C16H22FN3/c1-15(2,3)20-8-5-16(12-18,6-9-20)14-10-13(11-17)4-7-19-14/h4,7,10H,5-6,8-9,11H2,1-3H3. The Kier molecular flexibility index (Phi) is 4.10. The normalized spacial score (nSPS) is 19.6. The van der Waals surface area contributed by atoms with Crippen molar-refractivity contribution < 1.29 is 4.39 Å². The van der Waals surface area contributed by atoms with E-state index in [4.69, 9.17) is 0 Å². The van der Waals surface area contributed by atoms with E-state index >= 15 is 0 Å². The average Bonchev–Trinajstić information content (AvgIpc) is 2.46. The van der Waals surface area contributed by atoms with Gasteiger partial charge in [0.2, 0.25) is 0 Å². The van der Waals surface area contributed by atoms with Crippen LogP contribution in [0.2, 0.25) is 0 Å². The minimum atomic E-state index is -0.563. The molecule has 108 valence electrons. The van der Waals surface area contributed by atoms with Crippen LogP contribution in [0.4, 0.5) is 4.39 Å². The highest BCUT2D eigenvalue weighted by Crippen LogP contribution is 2.36. The fourth-order valence-electron chi connectivity index (χ4n) is 2.80. The molecule has 2 rings (SSSR count). The zero-order valence-electron chi connectivity index (χ0n) is 12.5. The molecule has 0 saturated carbocycles. The van der Waals surface area contributed by atoms with Crippen molar-refractivity contribution in [2.45, 2.75) is 51.2 Å². The number of aromatic nitrogens is 1. The van der Waals surface area contributed by atoms with E-state index in [2.05, 4.69) is 36.7 Å². The lowest BCUT2D eigenvalue weighted by Crippen LogP contribution is -2.50. The Balaban J connectivity index is 2.23. The Bertz CT molecular complexity index is 505. The van der Waals surface area contributed by atoms with Gasteiger partial charge in [0.1, 0.15) is 12.1 Å². The second-order valence-electron chi connectivity index (χ2n) is 6.53. The van der Waals surface area contributed by atoms with Crippen LogP contribution >= 0.6 is 0 Å². The van der Waals surface area contributed by atoms with Crippen LogP contribution in [0, 0.1) is 11.3 Å². The molecule has 0 bridgehead atoms. The quantitative estimate of drug-likeness (QED) is 0.832. The van der Waals surface area contributed by atoms with E-state index in [0.717, 1.165) is 31.6 Å². The molecule has 0 atom stereocenters. The summed E-state index contributed by atoms with van der Waals surface area (Å²) in [6.07, 6.45) is 3.12. The average molecular weight is 275 g/mol. The first-order valence-corrected chi connectivity index (χ1v) is 7.09. The smallest absolute Gasteiger partial charge is 0.115 e. The van der Waals surface area contributed by atoms with Crippen LogP contribution in [-0.2, 0) is 12.1 Å². The summed E-state index contributed by atoms with van der Waals surface area (Å²) in [7, 11) is 0. The van der Waals surface area contributed by atoms with Crippen molar-refractivity contribution in [1.29, 1.82) is 5.26 Å². The second kappa shape index (κ2) is 5.49. The lowest BCUT2D eigenvalue weighted by molar-refractivity contribution is 0.0874. The van der Waals surface area contributed by atoms with Gasteiger partial charge in [-0.3, -0.25) is 9.88 Å². The summed E-state index contributed by atoms with van der Waals surface area (Å²) in [4.78, 5) is 6.72. The monoisotopic (exact) mass is 275 g/mol. The summed E-state index contributed by atoms with van der Waals surface area (Å²) >= 11 is 0. The molecule has 0 spiro atoms. The molecule has 1 aromatic rings. The van der Waals surface area contributed by atoms with E-state index in [9.17, 15) is 9.65 Å². The van der Waals surface area contributed by atoms with Gasteiger partial charge in [-0.05, 0) is 51.3 Å². The molecule has 0 aromatic carbocycles. The zero-order valence-corrected chi connectivity index (χ0v) is 12.5. The topological polar surface area (TPSA) is 39.9 Å². The second-order valence-corrected chi connectivity index (χ2v) is 6.53. The molecule has 1 saturated heterocycles. The molecule has 0 amide bonds. The summed E-state index contributed by atoms with van der Waals surface area (Å²) in [5, 5.41) is 9.65. The maximum absolute atomic E-state index is 12.8. The molecular weight excluding hydrogens is 253 g/mol. The Morgan fingerprint density at radius 3 is 2.55 bits per heavy atom. The van der Waals surface area contributed by atoms with E-state index in [1.807, 2.05) is 0 Å². The van der Waals surface area contributed by atoms with Gasteiger partial charge in [0.05, 0.1) is 11.8 Å². The van der Waals surface area contributed by atoms with Crippen molar-refractivity contribution >= 4 is 0 Å². The molecule has 1 aliphatic rings. The maximum Gasteiger partial charge on any atom is 0.115 e. The minimum Gasteiger partial charge on any atom is -0.298 e. The summed E-state index contributed by atoms with van der Waals surface area (Å²) < 4.78 is 12.8. The zero-order chi connectivity index (χ0) is 14.8. The number of hydrogen-bond donors (Lipinski definition) is 0. The minimum absolute atomic E-state index is 0.121. The number of pyridine rings is 1. The molecule has 4 heteroatoms. The molecule has 0 unspecified atom stereocenters. The first kappa shape index (κ1) is 14.9. The third-order valence-electron chi connectivity index (χ3n) is 4.25. The van der Waals surface area contributed by atoms with Crippen LogP contribution in [0.5, 0.6) is 0 Å². The Morgan fingerprint density at radius 1 is 1.40 bits per heavy atom. The van der Waals surface area contributed by atoms with E-state index in [-0.39, 0.29) is 5.54 Å². The lowest BCUT2D eigenvalue weighted by Gasteiger charge is -2.43. The summed E-state index contributed by atoms with van der Waals surface area (Å²) in [5.41, 5.74) is 0.884. The molecule has 0 aliphatic carbocycles. The Hall–Kier alpha value is -1.47. The predicted molar refractivity (Wildman–Crippen MR) is 76.9 cm³/mol. The van der Waals surface area contributed by atoms with E-state index in [1.54, 1.807) is 18.3 Å². The highest BCUT2D eigenvalue weighted by atomic mass is 19.1. The number of nitriles is 1. The number of halogens is 1. The number of hydrogen-bond acceptors (Lipinski definition) is 3. The van der Waals surface area contributed by atoms with Gasteiger partial charge in [0, 0.05) is 24.8 Å². The van der Waals surface area contributed by atoms with Crippen LogP contribution in [0.3, 0.4) is 0 Å². The summed E-state index contributed by atoms with van der Waals surface area (Å²) in [5.74, 6) is 0. The Morgan fingerprint density at radius 2 is 2.05 bits per heavy atom. The number of alkyl halides is 1. The van der Waals surface area contributed by atoms with Crippen LogP contribution < -0.4 is 0 Å². The summed E-state index contributed by atoms with van der Waals surface area (Å²) in [6.45, 7) is 7.80. The van der Waals surface area contributed by atoms with Crippen LogP contribution in [0.15, 0.2) is 18.3 Å². The van der Waals surface area contributed by atoms with Crippen molar-refractivity contribution in [3.63, 3.8) is 0 Å². The van der Waals surface area contributed by atoms with Gasteiger partial charge >= 0.3 is 0 Å². The third-order valence-corrected chi connectivity index (χ3v) is 4.25. The van der Waals surface area contributed by atoms with Crippen molar-refractivity contribution in [1.82, 2.24) is 9.88 Å². The highest BCUT2D eigenvalue weighted by Gasteiger charge is 2.40. The molecule has 1 fully saturated rings. The van der Waals surface area contributed by atoms with Crippen molar-refractivity contribution in [3.05, 3.63) is 29.6 Å². The van der Waals surface area contributed by atoms with Crippen LogP contribution in [-0.4, -0.2) is 28.5 Å². The molecular formula is C16H22FN3. The van der Waals surface area contributed by atoms with Gasteiger partial charge < -0.3 is 0 Å². The predicted octanol–water partition coefficient (Wildman–Crippen LogP) is 3.21.